The van der Waals surface area contributed by atoms with Crippen molar-refractivity contribution in [1.29, 1.82) is 0 Å². The highest BCUT2D eigenvalue weighted by atomic mass is 16.6. The lowest BCUT2D eigenvalue weighted by atomic mass is 10.1. The molecular formula is C24H28N2O8. The van der Waals surface area contributed by atoms with E-state index in [2.05, 4.69) is 10.3 Å². The van der Waals surface area contributed by atoms with Crippen molar-refractivity contribution < 1.29 is 38.1 Å². The summed E-state index contributed by atoms with van der Waals surface area (Å²) in [5, 5.41) is 2.55. The maximum Gasteiger partial charge on any atom is 0.331 e. The summed E-state index contributed by atoms with van der Waals surface area (Å²) in [5.74, 6) is -2.07. The van der Waals surface area contributed by atoms with E-state index < -0.39 is 30.0 Å². The third-order valence-electron chi connectivity index (χ3n) is 5.10. The van der Waals surface area contributed by atoms with Crippen molar-refractivity contribution in [2.45, 2.75) is 45.1 Å². The molecule has 1 fully saturated rings. The number of aromatic nitrogens is 1. The third kappa shape index (κ3) is 6.75. The number of carbonyl (C=O) groups is 3. The molecule has 1 N–H and O–H groups in total. The van der Waals surface area contributed by atoms with Gasteiger partial charge in [-0.3, -0.25) is 9.59 Å². The van der Waals surface area contributed by atoms with Crippen LogP contribution in [0.2, 0.25) is 0 Å². The molecule has 1 saturated heterocycles. The fourth-order valence-corrected chi connectivity index (χ4v) is 3.36. The quantitative estimate of drug-likeness (QED) is 0.603. The van der Waals surface area contributed by atoms with Crippen molar-refractivity contribution in [3.05, 3.63) is 53.9 Å². The first-order valence-corrected chi connectivity index (χ1v) is 10.8. The summed E-state index contributed by atoms with van der Waals surface area (Å²) in [6.45, 7) is 3.50. The number of benzene rings is 1. The van der Waals surface area contributed by atoms with Crippen LogP contribution in [0.4, 0.5) is 0 Å². The molecule has 3 atom stereocenters. The summed E-state index contributed by atoms with van der Waals surface area (Å²) < 4.78 is 27.4. The monoisotopic (exact) mass is 472 g/mol. The van der Waals surface area contributed by atoms with Gasteiger partial charge in [-0.2, -0.15) is 0 Å². The molecule has 10 heteroatoms. The van der Waals surface area contributed by atoms with Gasteiger partial charge in [0.05, 0.1) is 26.4 Å². The SMILES string of the molecule is COc1ccnc(C(=O)N[C@H]2COCC[C@@H](OCc3ccccc3)[C@H](C)OC2=O)c1OC(C)=O. The van der Waals surface area contributed by atoms with Crippen molar-refractivity contribution in [2.75, 3.05) is 20.3 Å². The highest BCUT2D eigenvalue weighted by molar-refractivity contribution is 5.98. The van der Waals surface area contributed by atoms with Gasteiger partial charge in [0.25, 0.3) is 5.91 Å². The highest BCUT2D eigenvalue weighted by Crippen LogP contribution is 2.29. The van der Waals surface area contributed by atoms with Gasteiger partial charge in [-0.25, -0.2) is 9.78 Å². The van der Waals surface area contributed by atoms with E-state index in [9.17, 15) is 14.4 Å². The predicted octanol–water partition coefficient (Wildman–Crippen LogP) is 2.05. The van der Waals surface area contributed by atoms with Gasteiger partial charge in [-0.05, 0) is 12.5 Å². The number of ether oxygens (including phenoxy) is 5. The van der Waals surface area contributed by atoms with Gasteiger partial charge in [0.2, 0.25) is 5.75 Å². The number of nitrogens with one attached hydrogen (secondary N) is 1. The summed E-state index contributed by atoms with van der Waals surface area (Å²) >= 11 is 0. The number of nitrogens with zero attached hydrogens (tertiary/aromatic N) is 1. The average Bonchev–Trinajstić information content (AvgIpc) is 2.88. The summed E-state index contributed by atoms with van der Waals surface area (Å²) in [5.41, 5.74) is 0.792. The molecule has 182 valence electrons. The number of cyclic esters (lactones) is 1. The Morgan fingerprint density at radius 2 is 1.97 bits per heavy atom. The first kappa shape index (κ1) is 25.1. The molecule has 2 heterocycles. The second kappa shape index (κ2) is 12.1. The van der Waals surface area contributed by atoms with E-state index in [4.69, 9.17) is 23.7 Å². The molecule has 34 heavy (non-hydrogen) atoms. The number of hydrogen-bond acceptors (Lipinski definition) is 9. The van der Waals surface area contributed by atoms with Gasteiger partial charge in [0.1, 0.15) is 6.10 Å². The standard InChI is InChI=1S/C24H28N2O8/c1-15-19(32-13-17-7-5-4-6-8-17)10-12-31-14-18(24(29)33-15)26-23(28)21-22(34-16(2)27)20(30-3)9-11-25-21/h4-9,11,15,18-19H,10,12-14H2,1-3H3,(H,26,28)/t15-,18-,19+/m0/s1. The van der Waals surface area contributed by atoms with Gasteiger partial charge >= 0.3 is 11.9 Å². The number of esters is 2. The topological polar surface area (TPSA) is 122 Å². The summed E-state index contributed by atoms with van der Waals surface area (Å²) in [7, 11) is 1.37. The minimum atomic E-state index is -1.10. The largest absolute Gasteiger partial charge is 0.493 e. The summed E-state index contributed by atoms with van der Waals surface area (Å²) in [6, 6.07) is 10.0. The Morgan fingerprint density at radius 3 is 2.68 bits per heavy atom. The predicted molar refractivity (Wildman–Crippen MR) is 119 cm³/mol. The summed E-state index contributed by atoms with van der Waals surface area (Å²) in [4.78, 5) is 41.2. The molecule has 1 aromatic heterocycles. The lowest BCUT2D eigenvalue weighted by Crippen LogP contribution is -2.46. The maximum absolute atomic E-state index is 12.9. The third-order valence-corrected chi connectivity index (χ3v) is 5.10. The lowest BCUT2D eigenvalue weighted by molar-refractivity contribution is -0.158. The van der Waals surface area contributed by atoms with Crippen LogP contribution in [0.15, 0.2) is 42.6 Å². The van der Waals surface area contributed by atoms with Gasteiger partial charge in [0, 0.05) is 32.2 Å². The normalized spacial score (nSPS) is 20.8. The van der Waals surface area contributed by atoms with E-state index in [1.807, 2.05) is 30.3 Å². The summed E-state index contributed by atoms with van der Waals surface area (Å²) in [6.07, 6.45) is 0.893. The van der Waals surface area contributed by atoms with Crippen LogP contribution in [0.5, 0.6) is 11.5 Å². The van der Waals surface area contributed by atoms with Crippen LogP contribution in [-0.2, 0) is 30.4 Å². The second-order valence-electron chi connectivity index (χ2n) is 7.65. The van der Waals surface area contributed by atoms with Crippen molar-refractivity contribution in [3.8, 4) is 11.5 Å². The smallest absolute Gasteiger partial charge is 0.331 e. The van der Waals surface area contributed by atoms with Crippen LogP contribution in [0.25, 0.3) is 0 Å². The molecule has 0 radical (unpaired) electrons. The Hall–Kier alpha value is -3.50. The fraction of sp³-hybridized carbons (Fsp3) is 0.417. The molecule has 1 amide bonds. The van der Waals surface area contributed by atoms with Crippen LogP contribution < -0.4 is 14.8 Å². The van der Waals surface area contributed by atoms with Crippen molar-refractivity contribution in [2.24, 2.45) is 0 Å². The Morgan fingerprint density at radius 1 is 1.21 bits per heavy atom. The maximum atomic E-state index is 12.9. The van der Waals surface area contributed by atoms with E-state index in [1.54, 1.807) is 6.92 Å². The van der Waals surface area contributed by atoms with Crippen LogP contribution in [0, 0.1) is 0 Å². The minimum absolute atomic E-state index is 0.102. The number of amides is 1. The van der Waals surface area contributed by atoms with Crippen LogP contribution in [-0.4, -0.2) is 61.4 Å². The number of methoxy groups -OCH3 is 1. The molecule has 0 unspecified atom stereocenters. The Bertz CT molecular complexity index is 998. The number of pyridine rings is 1. The molecule has 1 aromatic carbocycles. The Labute approximate surface area is 197 Å². The molecule has 10 nitrogen and oxygen atoms in total. The van der Waals surface area contributed by atoms with Crippen molar-refractivity contribution in [3.63, 3.8) is 0 Å². The molecule has 0 spiro atoms. The average molecular weight is 472 g/mol. The van der Waals surface area contributed by atoms with Crippen LogP contribution >= 0.6 is 0 Å². The number of rotatable bonds is 7. The van der Waals surface area contributed by atoms with Gasteiger partial charge < -0.3 is 29.0 Å². The molecule has 1 aliphatic heterocycles. The molecule has 0 bridgehead atoms. The van der Waals surface area contributed by atoms with Gasteiger partial charge in [-0.15, -0.1) is 0 Å². The van der Waals surface area contributed by atoms with Crippen LogP contribution in [0.1, 0.15) is 36.3 Å². The van der Waals surface area contributed by atoms with E-state index in [0.717, 1.165) is 5.56 Å². The van der Waals surface area contributed by atoms with Crippen molar-refractivity contribution >= 4 is 17.8 Å². The minimum Gasteiger partial charge on any atom is -0.493 e. The fourth-order valence-electron chi connectivity index (χ4n) is 3.36. The van der Waals surface area contributed by atoms with E-state index in [-0.39, 0.29) is 29.9 Å². The molecular weight excluding hydrogens is 444 g/mol. The Kier molecular flexibility index (Phi) is 8.94. The van der Waals surface area contributed by atoms with E-state index in [0.29, 0.717) is 19.6 Å². The lowest BCUT2D eigenvalue weighted by Gasteiger charge is -2.24. The van der Waals surface area contributed by atoms with Crippen molar-refractivity contribution in [1.82, 2.24) is 10.3 Å². The van der Waals surface area contributed by atoms with E-state index >= 15 is 0 Å². The zero-order valence-corrected chi connectivity index (χ0v) is 19.3. The zero-order valence-electron chi connectivity index (χ0n) is 19.3. The molecule has 2 aromatic rings. The molecule has 0 aliphatic carbocycles. The Balaban J connectivity index is 1.68. The second-order valence-corrected chi connectivity index (χ2v) is 7.65. The van der Waals surface area contributed by atoms with Gasteiger partial charge in [-0.1, -0.05) is 30.3 Å². The first-order chi connectivity index (χ1) is 16.4. The molecule has 1 aliphatic rings. The van der Waals surface area contributed by atoms with E-state index in [1.165, 1.54) is 26.3 Å². The number of carbonyl (C=O) groups excluding carboxylic acids is 3. The van der Waals surface area contributed by atoms with Crippen LogP contribution in [0.3, 0.4) is 0 Å². The highest BCUT2D eigenvalue weighted by Gasteiger charge is 2.32. The zero-order chi connectivity index (χ0) is 24.5. The first-order valence-electron chi connectivity index (χ1n) is 10.8. The van der Waals surface area contributed by atoms with Gasteiger partial charge in [0.15, 0.2) is 17.5 Å². The number of hydrogen-bond donors (Lipinski definition) is 1. The molecule has 3 rings (SSSR count). The molecule has 0 saturated carbocycles.